The zero-order valence-corrected chi connectivity index (χ0v) is 13.7. The molecule has 0 spiro atoms. The molecule has 0 aliphatic carbocycles. The number of hydrogen-bond donors (Lipinski definition) is 1. The van der Waals surface area contributed by atoms with E-state index in [1.54, 1.807) is 0 Å². The molecule has 1 unspecified atom stereocenters. The summed E-state index contributed by atoms with van der Waals surface area (Å²) in [6.45, 7) is 4.78. The average Bonchev–Trinajstić information content (AvgIpc) is 2.84. The molecule has 0 bridgehead atoms. The highest BCUT2D eigenvalue weighted by Crippen LogP contribution is 2.09. The van der Waals surface area contributed by atoms with Crippen molar-refractivity contribution >= 4 is 0 Å². The zero-order chi connectivity index (χ0) is 15.9. The minimum Gasteiger partial charge on any atom is -0.465 e. The largest absolute Gasteiger partial charge is 0.465 e. The van der Waals surface area contributed by atoms with Crippen LogP contribution in [-0.4, -0.2) is 48.2 Å². The molecule has 4 nitrogen and oxygen atoms in total. The van der Waals surface area contributed by atoms with Crippen LogP contribution in [0.5, 0.6) is 0 Å². The maximum Gasteiger partial charge on any atom is 0.118 e. The van der Waals surface area contributed by atoms with Gasteiger partial charge in [0.05, 0.1) is 12.6 Å². The lowest BCUT2D eigenvalue weighted by atomic mass is 10.2. The summed E-state index contributed by atoms with van der Waals surface area (Å²) in [4.78, 5) is 4.23. The number of hydrogen-bond acceptors (Lipinski definition) is 4. The summed E-state index contributed by atoms with van der Waals surface area (Å²) < 4.78 is 5.56. The fourth-order valence-electron chi connectivity index (χ4n) is 2.64. The molecule has 0 radical (unpaired) electrons. The Morgan fingerprint density at radius 2 is 1.59 bits per heavy atom. The van der Waals surface area contributed by atoms with Crippen molar-refractivity contribution in [1.82, 2.24) is 9.80 Å². The lowest BCUT2D eigenvalue weighted by molar-refractivity contribution is 0.0846. The van der Waals surface area contributed by atoms with Crippen molar-refractivity contribution in [3.8, 4) is 0 Å². The van der Waals surface area contributed by atoms with E-state index in [9.17, 15) is 5.11 Å². The van der Waals surface area contributed by atoms with Gasteiger partial charge in [0.25, 0.3) is 0 Å². The van der Waals surface area contributed by atoms with Gasteiger partial charge in [-0.3, -0.25) is 9.80 Å². The molecule has 4 heteroatoms. The Hall–Kier alpha value is -1.62. The van der Waals surface area contributed by atoms with Gasteiger partial charge in [-0.2, -0.15) is 0 Å². The first-order chi connectivity index (χ1) is 10.5. The van der Waals surface area contributed by atoms with E-state index >= 15 is 0 Å². The summed E-state index contributed by atoms with van der Waals surface area (Å²) in [6, 6.07) is 14.3. The topological polar surface area (TPSA) is 39.9 Å². The molecule has 0 saturated heterocycles. The third-order valence-corrected chi connectivity index (χ3v) is 3.56. The fraction of sp³-hybridized carbons (Fsp3) is 0.444. The summed E-state index contributed by atoms with van der Waals surface area (Å²) in [5.41, 5.74) is 1.26. The van der Waals surface area contributed by atoms with Gasteiger partial charge in [-0.1, -0.05) is 30.3 Å². The highest BCUT2D eigenvalue weighted by Gasteiger charge is 2.12. The van der Waals surface area contributed by atoms with E-state index in [0.717, 1.165) is 18.1 Å². The molecule has 0 saturated carbocycles. The van der Waals surface area contributed by atoms with Crippen molar-refractivity contribution in [2.45, 2.75) is 26.1 Å². The molecular weight excluding hydrogens is 276 g/mol. The van der Waals surface area contributed by atoms with E-state index in [0.29, 0.717) is 19.6 Å². The van der Waals surface area contributed by atoms with Gasteiger partial charge in [0, 0.05) is 19.6 Å². The van der Waals surface area contributed by atoms with E-state index in [2.05, 4.69) is 21.9 Å². The second-order valence-electron chi connectivity index (χ2n) is 6.05. The fourth-order valence-corrected chi connectivity index (χ4v) is 2.64. The Balaban J connectivity index is 1.73. The van der Waals surface area contributed by atoms with Gasteiger partial charge in [-0.25, -0.2) is 0 Å². The van der Waals surface area contributed by atoms with Crippen LogP contribution in [0.3, 0.4) is 0 Å². The highest BCUT2D eigenvalue weighted by atomic mass is 16.3. The van der Waals surface area contributed by atoms with Crippen molar-refractivity contribution in [3.05, 3.63) is 59.5 Å². The zero-order valence-electron chi connectivity index (χ0n) is 13.7. The van der Waals surface area contributed by atoms with E-state index in [1.165, 1.54) is 5.56 Å². The first-order valence-electron chi connectivity index (χ1n) is 7.67. The maximum atomic E-state index is 10.2. The summed E-state index contributed by atoms with van der Waals surface area (Å²) >= 11 is 0. The van der Waals surface area contributed by atoms with Crippen LogP contribution in [0.15, 0.2) is 46.9 Å². The average molecular weight is 302 g/mol. The molecule has 0 amide bonds. The standard InChI is InChI=1S/C18H26N2O2/c1-15-9-10-18(22-15)14-20(3)13-17(21)12-19(2)11-16-7-5-4-6-8-16/h4-10,17,21H,11-14H2,1-3H3. The predicted molar refractivity (Wildman–Crippen MR) is 88.6 cm³/mol. The Kier molecular flexibility index (Phi) is 6.19. The lowest BCUT2D eigenvalue weighted by Crippen LogP contribution is -2.37. The van der Waals surface area contributed by atoms with Crippen LogP contribution in [0.1, 0.15) is 17.1 Å². The third-order valence-electron chi connectivity index (χ3n) is 3.56. The van der Waals surface area contributed by atoms with E-state index < -0.39 is 0 Å². The second-order valence-corrected chi connectivity index (χ2v) is 6.05. The van der Waals surface area contributed by atoms with E-state index in [4.69, 9.17) is 4.42 Å². The molecule has 2 rings (SSSR count). The Morgan fingerprint density at radius 3 is 2.18 bits per heavy atom. The summed E-state index contributed by atoms with van der Waals surface area (Å²) in [7, 11) is 4.03. The number of rotatable bonds is 8. The van der Waals surface area contributed by atoms with Crippen molar-refractivity contribution in [2.75, 3.05) is 27.2 Å². The minimum absolute atomic E-state index is 0.380. The molecule has 1 heterocycles. The van der Waals surface area contributed by atoms with Gasteiger partial charge >= 0.3 is 0 Å². The van der Waals surface area contributed by atoms with Crippen molar-refractivity contribution in [1.29, 1.82) is 0 Å². The molecule has 1 aromatic carbocycles. The second kappa shape index (κ2) is 8.13. The number of furan rings is 1. The molecule has 0 fully saturated rings. The molecule has 1 N–H and O–H groups in total. The van der Waals surface area contributed by atoms with Gasteiger partial charge in [0.15, 0.2) is 0 Å². The first-order valence-corrected chi connectivity index (χ1v) is 7.67. The molecule has 1 aromatic heterocycles. The lowest BCUT2D eigenvalue weighted by Gasteiger charge is -2.24. The van der Waals surface area contributed by atoms with Crippen LogP contribution in [0.2, 0.25) is 0 Å². The Labute approximate surface area is 133 Å². The Bertz CT molecular complexity index is 553. The number of aliphatic hydroxyl groups excluding tert-OH is 1. The van der Waals surface area contributed by atoms with E-state index in [-0.39, 0.29) is 6.10 Å². The SMILES string of the molecule is Cc1ccc(CN(C)CC(O)CN(C)Cc2ccccc2)o1. The molecule has 1 atom stereocenters. The van der Waals surface area contributed by atoms with Crippen LogP contribution in [-0.2, 0) is 13.1 Å². The maximum absolute atomic E-state index is 10.2. The smallest absolute Gasteiger partial charge is 0.118 e. The summed E-state index contributed by atoms with van der Waals surface area (Å²) in [5.74, 6) is 1.86. The third kappa shape index (κ3) is 5.64. The van der Waals surface area contributed by atoms with Crippen molar-refractivity contribution in [3.63, 3.8) is 0 Å². The summed E-state index contributed by atoms with van der Waals surface area (Å²) in [6.07, 6.45) is -0.380. The molecule has 22 heavy (non-hydrogen) atoms. The van der Waals surface area contributed by atoms with Gasteiger partial charge in [0.2, 0.25) is 0 Å². The minimum atomic E-state index is -0.380. The molecule has 2 aromatic rings. The molecule has 120 valence electrons. The first kappa shape index (κ1) is 16.7. The molecule has 0 aliphatic rings. The monoisotopic (exact) mass is 302 g/mol. The summed E-state index contributed by atoms with van der Waals surface area (Å²) in [5, 5.41) is 10.2. The number of likely N-dealkylation sites (N-methyl/N-ethyl adjacent to an activating group) is 2. The quantitative estimate of drug-likeness (QED) is 0.813. The Morgan fingerprint density at radius 1 is 0.955 bits per heavy atom. The van der Waals surface area contributed by atoms with E-state index in [1.807, 2.05) is 51.4 Å². The van der Waals surface area contributed by atoms with Crippen molar-refractivity contribution in [2.24, 2.45) is 0 Å². The predicted octanol–water partition coefficient (Wildman–Crippen LogP) is 2.51. The number of aliphatic hydroxyl groups is 1. The van der Waals surface area contributed by atoms with Gasteiger partial charge in [-0.05, 0) is 38.7 Å². The molecule has 0 aliphatic heterocycles. The number of aryl methyl sites for hydroxylation is 1. The molecular formula is C18H26N2O2. The van der Waals surface area contributed by atoms with Gasteiger partial charge < -0.3 is 9.52 Å². The van der Waals surface area contributed by atoms with Crippen LogP contribution in [0.25, 0.3) is 0 Å². The van der Waals surface area contributed by atoms with Crippen LogP contribution >= 0.6 is 0 Å². The van der Waals surface area contributed by atoms with Crippen LogP contribution < -0.4 is 0 Å². The normalized spacial score (nSPS) is 13.0. The highest BCUT2D eigenvalue weighted by molar-refractivity contribution is 5.14. The number of benzene rings is 1. The van der Waals surface area contributed by atoms with Gasteiger partial charge in [-0.15, -0.1) is 0 Å². The van der Waals surface area contributed by atoms with Crippen LogP contribution in [0.4, 0.5) is 0 Å². The van der Waals surface area contributed by atoms with Gasteiger partial charge in [0.1, 0.15) is 11.5 Å². The van der Waals surface area contributed by atoms with Crippen LogP contribution in [0, 0.1) is 6.92 Å². The van der Waals surface area contributed by atoms with Crippen molar-refractivity contribution < 1.29 is 9.52 Å². The number of nitrogens with zero attached hydrogens (tertiary/aromatic N) is 2.